The quantitative estimate of drug-likeness (QED) is 0.446. The van der Waals surface area contributed by atoms with Crippen molar-refractivity contribution in [3.05, 3.63) is 59.7 Å². The topological polar surface area (TPSA) is 131 Å². The number of methoxy groups -OCH3 is 1. The van der Waals surface area contributed by atoms with Crippen LogP contribution >= 0.6 is 0 Å². The van der Waals surface area contributed by atoms with Crippen LogP contribution in [0.2, 0.25) is 0 Å². The van der Waals surface area contributed by atoms with E-state index >= 15 is 0 Å². The molecule has 1 fully saturated rings. The van der Waals surface area contributed by atoms with Crippen LogP contribution in [0.4, 0.5) is 4.79 Å². The molecule has 0 spiro atoms. The lowest BCUT2D eigenvalue weighted by atomic mass is 9.98. The number of carboxylic acid groups (broad SMARTS) is 1. The van der Waals surface area contributed by atoms with Gasteiger partial charge in [0, 0.05) is 24.8 Å². The molecule has 2 aromatic carbocycles. The summed E-state index contributed by atoms with van der Waals surface area (Å²) in [5.74, 6) is -2.67. The van der Waals surface area contributed by atoms with Crippen molar-refractivity contribution in [3.8, 4) is 11.1 Å². The van der Waals surface area contributed by atoms with Crippen LogP contribution in [-0.2, 0) is 23.9 Å². The van der Waals surface area contributed by atoms with Gasteiger partial charge in [-0.15, -0.1) is 0 Å². The standard InChI is InChI=1S/C26H28N2O7/c1-34-23(29)11-10-22(25(31)32)28-24(30)20-12-15(20)13-27-26(33)35-14-21-18-8-4-2-6-16(18)17-7-3-5-9-19(17)21/h2-9,15,20-22H,10-14H2,1H3,(H,27,33)(H,28,30)(H,31,32)/t15?,20?,22-/m1/s1. The van der Waals surface area contributed by atoms with Gasteiger partial charge >= 0.3 is 18.0 Å². The molecule has 0 heterocycles. The van der Waals surface area contributed by atoms with Crippen molar-refractivity contribution in [1.82, 2.24) is 10.6 Å². The van der Waals surface area contributed by atoms with Crippen molar-refractivity contribution in [2.75, 3.05) is 20.3 Å². The van der Waals surface area contributed by atoms with Crippen molar-refractivity contribution in [2.45, 2.75) is 31.2 Å². The van der Waals surface area contributed by atoms with Gasteiger partial charge in [-0.1, -0.05) is 48.5 Å². The minimum absolute atomic E-state index is 0.0365. The third-order valence-corrected chi connectivity index (χ3v) is 6.59. The van der Waals surface area contributed by atoms with Crippen LogP contribution in [0.15, 0.2) is 48.5 Å². The highest BCUT2D eigenvalue weighted by Crippen LogP contribution is 2.44. The molecule has 35 heavy (non-hydrogen) atoms. The fourth-order valence-electron chi connectivity index (χ4n) is 4.56. The molecule has 0 aliphatic heterocycles. The first-order valence-corrected chi connectivity index (χ1v) is 11.6. The Morgan fingerprint density at radius 2 is 1.66 bits per heavy atom. The zero-order chi connectivity index (χ0) is 24.9. The molecule has 2 aliphatic rings. The monoisotopic (exact) mass is 480 g/mol. The van der Waals surface area contributed by atoms with Crippen molar-refractivity contribution in [3.63, 3.8) is 0 Å². The van der Waals surface area contributed by atoms with E-state index < -0.39 is 30.0 Å². The minimum atomic E-state index is -1.21. The van der Waals surface area contributed by atoms with Crippen LogP contribution in [0.3, 0.4) is 0 Å². The van der Waals surface area contributed by atoms with E-state index in [1.54, 1.807) is 0 Å². The number of carboxylic acids is 1. The third kappa shape index (κ3) is 5.62. The molecular formula is C26H28N2O7. The van der Waals surface area contributed by atoms with Crippen molar-refractivity contribution < 1.29 is 33.8 Å². The fourth-order valence-corrected chi connectivity index (χ4v) is 4.56. The first-order chi connectivity index (χ1) is 16.9. The maximum absolute atomic E-state index is 12.4. The molecule has 0 bridgehead atoms. The maximum atomic E-state index is 12.4. The molecule has 9 heteroatoms. The van der Waals surface area contributed by atoms with Gasteiger partial charge < -0.3 is 25.2 Å². The third-order valence-electron chi connectivity index (χ3n) is 6.59. The van der Waals surface area contributed by atoms with Crippen molar-refractivity contribution in [2.24, 2.45) is 11.8 Å². The second-order valence-electron chi connectivity index (χ2n) is 8.82. The number of benzene rings is 2. The Morgan fingerprint density at radius 3 is 2.26 bits per heavy atom. The molecule has 0 saturated heterocycles. The zero-order valence-electron chi connectivity index (χ0n) is 19.4. The lowest BCUT2D eigenvalue weighted by Crippen LogP contribution is -2.42. The number of aliphatic carboxylic acids is 1. The highest BCUT2D eigenvalue weighted by molar-refractivity contribution is 5.87. The van der Waals surface area contributed by atoms with E-state index in [0.29, 0.717) is 6.42 Å². The SMILES string of the molecule is COC(=O)CC[C@@H](NC(=O)C1CC1CNC(=O)OCC1c2ccccc2-c2ccccc21)C(=O)O. The first-order valence-electron chi connectivity index (χ1n) is 11.6. The Balaban J connectivity index is 1.22. The van der Waals surface area contributed by atoms with Crippen LogP contribution in [0.1, 0.15) is 36.3 Å². The molecule has 2 unspecified atom stereocenters. The summed E-state index contributed by atoms with van der Waals surface area (Å²) in [6, 6.07) is 15.0. The number of esters is 1. The van der Waals surface area contributed by atoms with E-state index in [0.717, 1.165) is 22.3 Å². The fraction of sp³-hybridized carbons (Fsp3) is 0.385. The number of nitrogens with one attached hydrogen (secondary N) is 2. The Kier molecular flexibility index (Phi) is 7.33. The predicted octanol–water partition coefficient (Wildman–Crippen LogP) is 2.68. The summed E-state index contributed by atoms with van der Waals surface area (Å²) in [5, 5.41) is 14.5. The molecule has 4 rings (SSSR count). The predicted molar refractivity (Wildman–Crippen MR) is 125 cm³/mol. The van der Waals surface area contributed by atoms with Crippen LogP contribution in [-0.4, -0.2) is 55.3 Å². The largest absolute Gasteiger partial charge is 0.480 e. The second-order valence-corrected chi connectivity index (χ2v) is 8.82. The summed E-state index contributed by atoms with van der Waals surface area (Å²) in [5.41, 5.74) is 4.55. The number of fused-ring (bicyclic) bond motifs is 3. The molecule has 184 valence electrons. The molecule has 3 N–H and O–H groups in total. The smallest absolute Gasteiger partial charge is 0.407 e. The Bertz CT molecular complexity index is 1090. The molecule has 2 amide bonds. The van der Waals surface area contributed by atoms with Gasteiger partial charge in [0.05, 0.1) is 7.11 Å². The summed E-state index contributed by atoms with van der Waals surface area (Å²) < 4.78 is 10.0. The van der Waals surface area contributed by atoms with E-state index in [4.69, 9.17) is 4.74 Å². The normalized spacial score (nSPS) is 18.5. The molecule has 1 saturated carbocycles. The number of ether oxygens (including phenoxy) is 2. The van der Waals surface area contributed by atoms with E-state index in [-0.39, 0.29) is 43.7 Å². The number of hydrogen-bond donors (Lipinski definition) is 3. The van der Waals surface area contributed by atoms with Gasteiger partial charge in [-0.05, 0) is 41.0 Å². The van der Waals surface area contributed by atoms with Gasteiger partial charge in [-0.3, -0.25) is 9.59 Å². The van der Waals surface area contributed by atoms with Crippen molar-refractivity contribution in [1.29, 1.82) is 0 Å². The first kappa shape index (κ1) is 24.3. The van der Waals surface area contributed by atoms with E-state index in [2.05, 4.69) is 27.5 Å². The average molecular weight is 481 g/mol. The van der Waals surface area contributed by atoms with Crippen LogP contribution in [0.5, 0.6) is 0 Å². The van der Waals surface area contributed by atoms with Gasteiger partial charge in [-0.25, -0.2) is 9.59 Å². The van der Waals surface area contributed by atoms with Gasteiger partial charge in [0.2, 0.25) is 5.91 Å². The van der Waals surface area contributed by atoms with Crippen molar-refractivity contribution >= 4 is 23.9 Å². The molecule has 0 radical (unpaired) electrons. The Hall–Kier alpha value is -3.88. The number of hydrogen-bond acceptors (Lipinski definition) is 6. The second kappa shape index (κ2) is 10.6. The lowest BCUT2D eigenvalue weighted by Gasteiger charge is -2.15. The Morgan fingerprint density at radius 1 is 1.03 bits per heavy atom. The summed E-state index contributed by atoms with van der Waals surface area (Å²) in [6.45, 7) is 0.462. The lowest BCUT2D eigenvalue weighted by molar-refractivity contribution is -0.144. The summed E-state index contributed by atoms with van der Waals surface area (Å²) in [4.78, 5) is 47.3. The number of alkyl carbamates (subject to hydrolysis) is 1. The summed E-state index contributed by atoms with van der Waals surface area (Å²) in [6.07, 6.45) is -0.174. The van der Waals surface area contributed by atoms with E-state index in [9.17, 15) is 24.3 Å². The highest BCUT2D eigenvalue weighted by atomic mass is 16.5. The highest BCUT2D eigenvalue weighted by Gasteiger charge is 2.44. The molecule has 3 atom stereocenters. The molecule has 2 aromatic rings. The molecule has 2 aliphatic carbocycles. The van der Waals surface area contributed by atoms with E-state index in [1.807, 2.05) is 36.4 Å². The number of carbonyl (C=O) groups excluding carboxylic acids is 3. The van der Waals surface area contributed by atoms with Crippen LogP contribution in [0, 0.1) is 11.8 Å². The number of rotatable bonds is 10. The number of carbonyl (C=O) groups is 4. The molecule has 9 nitrogen and oxygen atoms in total. The maximum Gasteiger partial charge on any atom is 0.407 e. The van der Waals surface area contributed by atoms with Gasteiger partial charge in [0.15, 0.2) is 0 Å². The van der Waals surface area contributed by atoms with Gasteiger partial charge in [0.25, 0.3) is 0 Å². The summed E-state index contributed by atoms with van der Waals surface area (Å²) in [7, 11) is 1.22. The van der Waals surface area contributed by atoms with Crippen LogP contribution < -0.4 is 10.6 Å². The van der Waals surface area contributed by atoms with Crippen LogP contribution in [0.25, 0.3) is 11.1 Å². The van der Waals surface area contributed by atoms with E-state index in [1.165, 1.54) is 7.11 Å². The molecule has 0 aromatic heterocycles. The number of amides is 2. The minimum Gasteiger partial charge on any atom is -0.480 e. The summed E-state index contributed by atoms with van der Waals surface area (Å²) >= 11 is 0. The van der Waals surface area contributed by atoms with Gasteiger partial charge in [-0.2, -0.15) is 0 Å². The van der Waals surface area contributed by atoms with Gasteiger partial charge in [0.1, 0.15) is 12.6 Å². The average Bonchev–Trinajstić information content (AvgIpc) is 3.58. The zero-order valence-corrected chi connectivity index (χ0v) is 19.4. The Labute approximate surface area is 202 Å². The molecular weight excluding hydrogens is 452 g/mol.